The monoisotopic (exact) mass is 239 g/mol. The second kappa shape index (κ2) is 3.43. The fourth-order valence-corrected chi connectivity index (χ4v) is 5.21. The van der Waals surface area contributed by atoms with Crippen LogP contribution in [0, 0.1) is 39.2 Å². The van der Waals surface area contributed by atoms with Gasteiger partial charge in [-0.05, 0) is 49.4 Å². The molecular formula is C12H17NO4. The van der Waals surface area contributed by atoms with Crippen molar-refractivity contribution < 1.29 is 14.8 Å². The zero-order valence-electron chi connectivity index (χ0n) is 9.67. The fourth-order valence-electron chi connectivity index (χ4n) is 5.21. The molecule has 3 fully saturated rings. The Hall–Kier alpha value is -1.13. The van der Waals surface area contributed by atoms with Crippen molar-refractivity contribution in [2.45, 2.75) is 32.1 Å². The lowest BCUT2D eigenvalue weighted by molar-refractivity contribution is -0.511. The summed E-state index contributed by atoms with van der Waals surface area (Å²) >= 11 is 0. The lowest BCUT2D eigenvalue weighted by Crippen LogP contribution is -2.58. The largest absolute Gasteiger partial charge is 0.481 e. The first-order chi connectivity index (χ1) is 8.04. The minimum atomic E-state index is -0.874. The first-order valence-corrected chi connectivity index (χ1v) is 6.38. The van der Waals surface area contributed by atoms with Gasteiger partial charge >= 0.3 is 5.97 Å². The van der Waals surface area contributed by atoms with Gasteiger partial charge in [0, 0.05) is 4.92 Å². The molecular weight excluding hydrogens is 222 g/mol. The van der Waals surface area contributed by atoms with E-state index in [1.807, 2.05) is 0 Å². The average Bonchev–Trinajstić information content (AvgIpc) is 2.68. The molecule has 0 aromatic carbocycles. The van der Waals surface area contributed by atoms with Gasteiger partial charge in [0.15, 0.2) is 0 Å². The van der Waals surface area contributed by atoms with Crippen LogP contribution in [-0.4, -0.2) is 22.5 Å². The highest BCUT2D eigenvalue weighted by Crippen LogP contribution is 2.72. The van der Waals surface area contributed by atoms with Gasteiger partial charge in [-0.15, -0.1) is 0 Å². The van der Waals surface area contributed by atoms with E-state index in [1.165, 1.54) is 0 Å². The van der Waals surface area contributed by atoms with Crippen molar-refractivity contribution in [3.05, 3.63) is 10.1 Å². The smallest absolute Gasteiger partial charge is 0.304 e. The molecule has 1 N–H and O–H groups in total. The van der Waals surface area contributed by atoms with Crippen molar-refractivity contribution in [3.8, 4) is 0 Å². The maximum atomic E-state index is 11.0. The Kier molecular flexibility index (Phi) is 2.22. The maximum absolute atomic E-state index is 11.0. The molecule has 5 atom stereocenters. The lowest BCUT2D eigenvalue weighted by atomic mass is 9.47. The summed E-state index contributed by atoms with van der Waals surface area (Å²) in [5.41, 5.74) is -0.523. The summed E-state index contributed by atoms with van der Waals surface area (Å²) in [6.45, 7) is -0.141. The Labute approximate surface area is 99.3 Å². The van der Waals surface area contributed by atoms with Crippen LogP contribution in [0.1, 0.15) is 32.1 Å². The SMILES string of the molecule is O=C(O)C[C@@]1(C[N+](=O)[O-])[C@@H]2CCC3CC[C@H]1[C@@H]32. The van der Waals surface area contributed by atoms with Crippen LogP contribution in [0.15, 0.2) is 0 Å². The van der Waals surface area contributed by atoms with E-state index in [4.69, 9.17) is 5.11 Å². The number of nitrogens with zero attached hydrogens (tertiary/aromatic N) is 1. The van der Waals surface area contributed by atoms with Gasteiger partial charge in [0.1, 0.15) is 0 Å². The van der Waals surface area contributed by atoms with Crippen molar-refractivity contribution in [1.29, 1.82) is 0 Å². The van der Waals surface area contributed by atoms with E-state index in [0.29, 0.717) is 17.8 Å². The average molecular weight is 239 g/mol. The molecule has 3 aliphatic rings. The van der Waals surface area contributed by atoms with Crippen molar-refractivity contribution in [1.82, 2.24) is 0 Å². The number of hydrogen-bond donors (Lipinski definition) is 1. The van der Waals surface area contributed by atoms with Gasteiger partial charge in [-0.25, -0.2) is 0 Å². The topological polar surface area (TPSA) is 80.4 Å². The van der Waals surface area contributed by atoms with E-state index in [1.54, 1.807) is 0 Å². The van der Waals surface area contributed by atoms with Crippen molar-refractivity contribution in [2.24, 2.45) is 29.1 Å². The zero-order valence-corrected chi connectivity index (χ0v) is 9.67. The summed E-state index contributed by atoms with van der Waals surface area (Å²) in [7, 11) is 0. The molecule has 3 rings (SSSR count). The third kappa shape index (κ3) is 1.34. The lowest BCUT2D eigenvalue weighted by Gasteiger charge is -2.55. The van der Waals surface area contributed by atoms with Crippen LogP contribution in [0.5, 0.6) is 0 Å². The Morgan fingerprint density at radius 2 is 1.88 bits per heavy atom. The van der Waals surface area contributed by atoms with Gasteiger partial charge in [-0.3, -0.25) is 14.9 Å². The van der Waals surface area contributed by atoms with Gasteiger partial charge in [0.2, 0.25) is 6.54 Å². The molecule has 3 saturated carbocycles. The molecule has 0 aromatic heterocycles. The van der Waals surface area contributed by atoms with Crippen molar-refractivity contribution in [2.75, 3.05) is 6.54 Å². The quantitative estimate of drug-likeness (QED) is 0.599. The number of carboxylic acids is 1. The third-order valence-electron chi connectivity index (χ3n) is 5.55. The molecule has 0 aromatic rings. The summed E-state index contributed by atoms with van der Waals surface area (Å²) in [6.07, 6.45) is 4.32. The van der Waals surface area contributed by atoms with Crippen LogP contribution in [-0.2, 0) is 4.79 Å². The standard InChI is InChI=1S/C12H17NO4/c14-10(15)5-12(6-13(16)17)8-3-1-7-2-4-9(12)11(7)8/h7-9,11H,1-6H2,(H,14,15)/t7?,8-,9+,11+,12-. The first-order valence-electron chi connectivity index (χ1n) is 6.38. The zero-order chi connectivity index (χ0) is 12.2. The normalized spacial score (nSPS) is 46.4. The van der Waals surface area contributed by atoms with Gasteiger partial charge in [-0.1, -0.05) is 0 Å². The highest BCUT2D eigenvalue weighted by Gasteiger charge is 2.70. The van der Waals surface area contributed by atoms with Gasteiger partial charge in [0.05, 0.1) is 11.8 Å². The van der Waals surface area contributed by atoms with E-state index in [0.717, 1.165) is 31.6 Å². The van der Waals surface area contributed by atoms with Gasteiger partial charge < -0.3 is 5.11 Å². The molecule has 0 aliphatic heterocycles. The molecule has 5 heteroatoms. The van der Waals surface area contributed by atoms with E-state index in [9.17, 15) is 14.9 Å². The molecule has 0 amide bonds. The van der Waals surface area contributed by atoms with E-state index < -0.39 is 11.4 Å². The van der Waals surface area contributed by atoms with Crippen LogP contribution < -0.4 is 0 Å². The Balaban J connectivity index is 1.89. The van der Waals surface area contributed by atoms with Crippen molar-refractivity contribution in [3.63, 3.8) is 0 Å². The van der Waals surface area contributed by atoms with E-state index >= 15 is 0 Å². The fraction of sp³-hybridized carbons (Fsp3) is 0.917. The van der Waals surface area contributed by atoms with Gasteiger partial charge in [-0.2, -0.15) is 0 Å². The minimum absolute atomic E-state index is 0.00741. The summed E-state index contributed by atoms with van der Waals surface area (Å²) in [4.78, 5) is 21.6. The van der Waals surface area contributed by atoms with Crippen LogP contribution in [0.25, 0.3) is 0 Å². The molecule has 94 valence electrons. The molecule has 0 radical (unpaired) electrons. The Bertz CT molecular complexity index is 347. The number of carboxylic acid groups (broad SMARTS) is 1. The van der Waals surface area contributed by atoms with Crippen LogP contribution in [0.2, 0.25) is 0 Å². The van der Waals surface area contributed by atoms with Gasteiger partial charge in [0.25, 0.3) is 0 Å². The van der Waals surface area contributed by atoms with Crippen LogP contribution in [0.3, 0.4) is 0 Å². The Morgan fingerprint density at radius 3 is 2.35 bits per heavy atom. The number of hydrogen-bond acceptors (Lipinski definition) is 3. The molecule has 0 heterocycles. The van der Waals surface area contributed by atoms with Crippen molar-refractivity contribution >= 4 is 5.97 Å². The van der Waals surface area contributed by atoms with E-state index in [-0.39, 0.29) is 17.9 Å². The molecule has 5 nitrogen and oxygen atoms in total. The maximum Gasteiger partial charge on any atom is 0.304 e. The van der Waals surface area contributed by atoms with E-state index in [2.05, 4.69) is 0 Å². The Morgan fingerprint density at radius 1 is 1.29 bits per heavy atom. The highest BCUT2D eigenvalue weighted by molar-refractivity contribution is 5.68. The molecule has 3 aliphatic carbocycles. The summed E-state index contributed by atoms with van der Waals surface area (Å²) in [5.74, 6) is 1.08. The summed E-state index contributed by atoms with van der Waals surface area (Å²) in [6, 6.07) is 0. The predicted octanol–water partition coefficient (Wildman–Crippen LogP) is 1.79. The molecule has 1 unspecified atom stereocenters. The molecule has 0 bridgehead atoms. The number of carbonyl (C=O) groups is 1. The van der Waals surface area contributed by atoms with Crippen LogP contribution >= 0.6 is 0 Å². The number of rotatable bonds is 4. The summed E-state index contributed by atoms with van der Waals surface area (Å²) in [5, 5.41) is 19.9. The number of nitro groups is 1. The molecule has 0 saturated heterocycles. The second-order valence-corrected chi connectivity index (χ2v) is 6.00. The summed E-state index contributed by atoms with van der Waals surface area (Å²) < 4.78 is 0. The minimum Gasteiger partial charge on any atom is -0.481 e. The number of aliphatic carboxylic acids is 1. The van der Waals surface area contributed by atoms with Crippen LogP contribution in [0.4, 0.5) is 0 Å². The second-order valence-electron chi connectivity index (χ2n) is 6.00. The molecule has 0 spiro atoms. The highest BCUT2D eigenvalue weighted by atomic mass is 16.6. The molecule has 17 heavy (non-hydrogen) atoms. The predicted molar refractivity (Wildman–Crippen MR) is 59.0 cm³/mol. The first kappa shape index (κ1) is 11.0. The third-order valence-corrected chi connectivity index (χ3v) is 5.55.